The van der Waals surface area contributed by atoms with Crippen LogP contribution >= 0.6 is 0 Å². The first-order valence-corrected chi connectivity index (χ1v) is 0. The van der Waals surface area contributed by atoms with Crippen molar-refractivity contribution in [2.45, 2.75) is 0 Å². The monoisotopic (exact) mass is 154 g/mol. The van der Waals surface area contributed by atoms with E-state index >= 15 is 0 Å². The SMILES string of the molecule is F.F.F.F.[F-].[Na+].[SiH4]. The summed E-state index contributed by atoms with van der Waals surface area (Å²) in [5.41, 5.74) is 0. The van der Waals surface area contributed by atoms with E-state index in [0.29, 0.717) is 0 Å². The van der Waals surface area contributed by atoms with Crippen LogP contribution in [0.2, 0.25) is 0 Å². The first kappa shape index (κ1) is 494. The molecule has 0 aliphatic heterocycles. The Hall–Kier alpha value is 0.867. The van der Waals surface area contributed by atoms with Gasteiger partial charge in [0, 0.05) is 0 Å². The molecule has 0 aliphatic carbocycles. The van der Waals surface area contributed by atoms with E-state index in [2.05, 4.69) is 0 Å². The number of halogens is 5. The van der Waals surface area contributed by atoms with Gasteiger partial charge in [-0.1, -0.05) is 0 Å². The summed E-state index contributed by atoms with van der Waals surface area (Å²) in [6.07, 6.45) is 0. The van der Waals surface area contributed by atoms with E-state index in [1.54, 1.807) is 0 Å². The summed E-state index contributed by atoms with van der Waals surface area (Å²) >= 11 is 0. The van der Waals surface area contributed by atoms with Crippen LogP contribution in [0.3, 0.4) is 0 Å². The second-order valence-electron chi connectivity index (χ2n) is 0. The fourth-order valence-corrected chi connectivity index (χ4v) is 0. The predicted octanol–water partition coefficient (Wildman–Crippen LogP) is -6.83. The Morgan fingerprint density at radius 1 is 0.571 bits per heavy atom. The smallest absolute Gasteiger partial charge is 1.00 e. The normalized spacial score (nSPS) is 0. The average Bonchev–Trinajstić information content (AvgIpc) is 0. The minimum Gasteiger partial charge on any atom is -1.00 e. The third-order valence-electron chi connectivity index (χ3n) is 0. The minimum absolute atomic E-state index is 0. The zero-order valence-electron chi connectivity index (χ0n) is 3.01. The van der Waals surface area contributed by atoms with Crippen molar-refractivity contribution >= 4 is 11.0 Å². The van der Waals surface area contributed by atoms with Crippen LogP contribution in [0.5, 0.6) is 0 Å². The summed E-state index contributed by atoms with van der Waals surface area (Å²) in [5.74, 6) is 0. The van der Waals surface area contributed by atoms with Gasteiger partial charge in [-0.25, -0.2) is 0 Å². The Kier molecular flexibility index (Phi) is 22200. The van der Waals surface area contributed by atoms with E-state index in [1.807, 2.05) is 0 Å². The quantitative estimate of drug-likeness (QED) is 0.240. The van der Waals surface area contributed by atoms with E-state index in [1.165, 1.54) is 0 Å². The average molecular weight is 154 g/mol. The zero-order chi connectivity index (χ0) is 0. The summed E-state index contributed by atoms with van der Waals surface area (Å²) in [4.78, 5) is 0. The number of rotatable bonds is 0. The molecule has 0 radical (unpaired) electrons. The van der Waals surface area contributed by atoms with E-state index in [9.17, 15) is 0 Å². The van der Waals surface area contributed by atoms with Crippen LogP contribution in [0.15, 0.2) is 0 Å². The topological polar surface area (TPSA) is 0 Å². The van der Waals surface area contributed by atoms with Gasteiger partial charge in [0.1, 0.15) is 0 Å². The fourth-order valence-electron chi connectivity index (χ4n) is 0. The maximum atomic E-state index is 0. The molecular weight excluding hydrogens is 146 g/mol. The third kappa shape index (κ3) is 216. The summed E-state index contributed by atoms with van der Waals surface area (Å²) in [6.45, 7) is 0. The maximum Gasteiger partial charge on any atom is 1.00 e. The minimum atomic E-state index is 0. The molecule has 0 fully saturated rings. The van der Waals surface area contributed by atoms with Crippen molar-refractivity contribution in [3.05, 3.63) is 0 Å². The first-order chi connectivity index (χ1) is 0. The van der Waals surface area contributed by atoms with Crippen molar-refractivity contribution in [3.8, 4) is 0 Å². The Bertz CT molecular complexity index is 8.04. The van der Waals surface area contributed by atoms with Gasteiger partial charge in [-0.15, -0.1) is 0 Å². The Morgan fingerprint density at radius 3 is 0.571 bits per heavy atom. The number of hydrogen-bond donors (Lipinski definition) is 0. The zero-order valence-corrected chi connectivity index (χ0v) is 5.01. The summed E-state index contributed by atoms with van der Waals surface area (Å²) in [6, 6.07) is 0. The molecule has 0 rings (SSSR count). The molecule has 48 valence electrons. The molecule has 0 N–H and O–H groups in total. The van der Waals surface area contributed by atoms with Crippen molar-refractivity contribution in [3.63, 3.8) is 0 Å². The molecule has 0 bridgehead atoms. The van der Waals surface area contributed by atoms with Gasteiger partial charge in [-0.2, -0.15) is 0 Å². The van der Waals surface area contributed by atoms with Crippen LogP contribution in [-0.2, 0) is 0 Å². The van der Waals surface area contributed by atoms with E-state index in [-0.39, 0.29) is 64.0 Å². The van der Waals surface area contributed by atoms with Crippen LogP contribution in [-0.4, -0.2) is 11.0 Å². The first-order valence-electron chi connectivity index (χ1n) is 0. The van der Waals surface area contributed by atoms with Crippen molar-refractivity contribution in [2.75, 3.05) is 0 Å². The van der Waals surface area contributed by atoms with E-state index in [0.717, 1.165) is 0 Å². The second-order valence-corrected chi connectivity index (χ2v) is 0. The standard InChI is InChI=1S/5FH.Na.H4Si/h5*1H;;1H4/q;;;;;+1;/p-1. The van der Waals surface area contributed by atoms with Gasteiger partial charge in [0.25, 0.3) is 0 Å². The van der Waals surface area contributed by atoms with Gasteiger partial charge in [0.15, 0.2) is 0 Å². The van der Waals surface area contributed by atoms with Crippen LogP contribution in [0.25, 0.3) is 0 Å². The summed E-state index contributed by atoms with van der Waals surface area (Å²) in [7, 11) is 0. The van der Waals surface area contributed by atoms with Gasteiger partial charge in [-0.3, -0.25) is 18.8 Å². The molecule has 0 saturated carbocycles. The van der Waals surface area contributed by atoms with Gasteiger partial charge in [-0.05, 0) is 11.0 Å². The molecule has 0 unspecified atom stereocenters. The molecule has 0 amide bonds. The Balaban J connectivity index is 0. The fraction of sp³-hybridized carbons (Fsp3) is 0. The van der Waals surface area contributed by atoms with Crippen LogP contribution in [0.1, 0.15) is 0 Å². The predicted molar refractivity (Wildman–Crippen MR) is 21.3 cm³/mol. The summed E-state index contributed by atoms with van der Waals surface area (Å²) < 4.78 is 0. The molecule has 0 aromatic carbocycles. The van der Waals surface area contributed by atoms with Crippen molar-refractivity contribution in [1.82, 2.24) is 0 Å². The van der Waals surface area contributed by atoms with Crippen LogP contribution < -0.4 is 34.3 Å². The molecule has 0 heterocycles. The molecule has 0 aliphatic rings. The molecule has 7 heavy (non-hydrogen) atoms. The molecule has 0 aromatic rings. The third-order valence-corrected chi connectivity index (χ3v) is 0. The molecule has 0 nitrogen and oxygen atoms in total. The largest absolute Gasteiger partial charge is 1.00 e. The molecule has 7 heteroatoms. The van der Waals surface area contributed by atoms with Crippen molar-refractivity contribution < 1.29 is 53.1 Å². The number of hydrogen-bond acceptors (Lipinski definition) is 0. The van der Waals surface area contributed by atoms with Crippen molar-refractivity contribution in [1.29, 1.82) is 0 Å². The van der Waals surface area contributed by atoms with Crippen molar-refractivity contribution in [2.24, 2.45) is 0 Å². The maximum absolute atomic E-state index is 0. The molecular formula is H8F5NaSi. The molecule has 0 spiro atoms. The van der Waals surface area contributed by atoms with E-state index in [4.69, 9.17) is 0 Å². The second kappa shape index (κ2) is 315. The molecule has 0 saturated heterocycles. The van der Waals surface area contributed by atoms with Gasteiger partial charge in [0.2, 0.25) is 0 Å². The summed E-state index contributed by atoms with van der Waals surface area (Å²) in [5, 5.41) is 0. The van der Waals surface area contributed by atoms with E-state index < -0.39 is 0 Å². The van der Waals surface area contributed by atoms with Gasteiger partial charge < -0.3 is 4.70 Å². The van der Waals surface area contributed by atoms with Crippen LogP contribution in [0.4, 0.5) is 18.8 Å². The van der Waals surface area contributed by atoms with Gasteiger partial charge >= 0.3 is 29.6 Å². The Labute approximate surface area is 64.2 Å². The Morgan fingerprint density at radius 2 is 0.571 bits per heavy atom. The molecule has 0 aromatic heterocycles. The van der Waals surface area contributed by atoms with Crippen LogP contribution in [0, 0.1) is 0 Å². The van der Waals surface area contributed by atoms with Gasteiger partial charge in [0.05, 0.1) is 0 Å². The molecule has 0 atom stereocenters.